The van der Waals surface area contributed by atoms with Gasteiger partial charge in [0.05, 0.1) is 12.1 Å². The first-order chi connectivity index (χ1) is 9.65. The van der Waals surface area contributed by atoms with Crippen LogP contribution in [0.25, 0.3) is 5.65 Å². The molecule has 0 aliphatic rings. The lowest BCUT2D eigenvalue weighted by molar-refractivity contribution is 0.0952. The number of hydrogen-bond donors (Lipinski definition) is 2. The van der Waals surface area contributed by atoms with Gasteiger partial charge in [0.15, 0.2) is 5.65 Å². The fourth-order valence-corrected chi connectivity index (χ4v) is 2.78. The number of H-pyrrole nitrogens is 1. The second-order valence-electron chi connectivity index (χ2n) is 4.34. The normalized spacial score (nSPS) is 10.8. The van der Waals surface area contributed by atoms with E-state index < -0.39 is 0 Å². The fraction of sp³-hybridized carbons (Fsp3) is 0.154. The van der Waals surface area contributed by atoms with Gasteiger partial charge in [0.1, 0.15) is 0 Å². The second kappa shape index (κ2) is 4.93. The standard InChI is InChI=1S/C13H12N4O2S/c1-8-4-5-9(20-8)7-14-12(18)10-3-2-6-17-11(10)15-16-13(17)19/h2-6H,7H2,1H3,(H,14,18)(H,16,19). The zero-order valence-corrected chi connectivity index (χ0v) is 11.5. The number of aromatic amines is 1. The summed E-state index contributed by atoms with van der Waals surface area (Å²) in [6, 6.07) is 7.29. The number of fused-ring (bicyclic) bond motifs is 1. The van der Waals surface area contributed by atoms with E-state index in [2.05, 4.69) is 15.5 Å². The van der Waals surface area contributed by atoms with E-state index >= 15 is 0 Å². The van der Waals surface area contributed by atoms with Crippen LogP contribution in [0.15, 0.2) is 35.3 Å². The van der Waals surface area contributed by atoms with Crippen molar-refractivity contribution in [3.8, 4) is 0 Å². The molecular weight excluding hydrogens is 276 g/mol. The van der Waals surface area contributed by atoms with Gasteiger partial charge in [-0.3, -0.25) is 4.79 Å². The smallest absolute Gasteiger partial charge is 0.347 e. The molecule has 0 fully saturated rings. The lowest BCUT2D eigenvalue weighted by atomic mass is 10.2. The van der Waals surface area contributed by atoms with Crippen molar-refractivity contribution >= 4 is 22.9 Å². The molecule has 0 aliphatic carbocycles. The molecule has 0 saturated carbocycles. The molecule has 20 heavy (non-hydrogen) atoms. The fourth-order valence-electron chi connectivity index (χ4n) is 1.95. The van der Waals surface area contributed by atoms with E-state index in [1.165, 1.54) is 9.28 Å². The third-order valence-corrected chi connectivity index (χ3v) is 3.91. The molecule has 0 saturated heterocycles. The van der Waals surface area contributed by atoms with Crippen LogP contribution < -0.4 is 11.0 Å². The lowest BCUT2D eigenvalue weighted by Gasteiger charge is -2.04. The molecule has 1 amide bonds. The molecule has 0 unspecified atom stereocenters. The number of carbonyl (C=O) groups is 1. The molecule has 2 N–H and O–H groups in total. The lowest BCUT2D eigenvalue weighted by Crippen LogP contribution is -2.23. The minimum atomic E-state index is -0.358. The molecule has 0 radical (unpaired) electrons. The minimum Gasteiger partial charge on any atom is -0.347 e. The van der Waals surface area contributed by atoms with Crippen molar-refractivity contribution in [2.45, 2.75) is 13.5 Å². The molecule has 3 rings (SSSR count). The summed E-state index contributed by atoms with van der Waals surface area (Å²) in [5.74, 6) is -0.249. The Bertz CT molecular complexity index is 830. The molecule has 0 atom stereocenters. The van der Waals surface area contributed by atoms with Crippen LogP contribution in [0.4, 0.5) is 0 Å². The number of nitrogens with one attached hydrogen (secondary N) is 2. The van der Waals surface area contributed by atoms with Gasteiger partial charge in [0, 0.05) is 16.0 Å². The van der Waals surface area contributed by atoms with Gasteiger partial charge in [0.25, 0.3) is 5.91 Å². The molecule has 0 spiro atoms. The molecule has 0 aliphatic heterocycles. The molecule has 0 aromatic carbocycles. The van der Waals surface area contributed by atoms with E-state index in [4.69, 9.17) is 0 Å². The van der Waals surface area contributed by atoms with E-state index in [1.54, 1.807) is 29.7 Å². The van der Waals surface area contributed by atoms with Gasteiger partial charge in [-0.25, -0.2) is 14.3 Å². The van der Waals surface area contributed by atoms with Crippen molar-refractivity contribution in [3.05, 3.63) is 56.3 Å². The van der Waals surface area contributed by atoms with Crippen molar-refractivity contribution in [1.82, 2.24) is 19.9 Å². The van der Waals surface area contributed by atoms with Crippen LogP contribution in [0, 0.1) is 6.92 Å². The SMILES string of the molecule is Cc1ccc(CNC(=O)c2cccn3c(=O)[nH]nc23)s1. The number of hydrogen-bond acceptors (Lipinski definition) is 4. The Morgan fingerprint density at radius 2 is 2.30 bits per heavy atom. The summed E-state index contributed by atoms with van der Waals surface area (Å²) in [4.78, 5) is 25.9. The zero-order valence-electron chi connectivity index (χ0n) is 10.7. The largest absolute Gasteiger partial charge is 0.347 e. The molecule has 3 heterocycles. The van der Waals surface area contributed by atoms with Crippen LogP contribution in [0.3, 0.4) is 0 Å². The highest BCUT2D eigenvalue weighted by molar-refractivity contribution is 7.11. The van der Waals surface area contributed by atoms with E-state index in [-0.39, 0.29) is 11.6 Å². The quantitative estimate of drug-likeness (QED) is 0.763. The first kappa shape index (κ1) is 12.6. The van der Waals surface area contributed by atoms with Crippen molar-refractivity contribution in [1.29, 1.82) is 0 Å². The minimum absolute atomic E-state index is 0.249. The molecular formula is C13H12N4O2S. The number of rotatable bonds is 3. The van der Waals surface area contributed by atoms with Crippen LogP contribution in [0.1, 0.15) is 20.1 Å². The second-order valence-corrected chi connectivity index (χ2v) is 5.71. The first-order valence-electron chi connectivity index (χ1n) is 6.04. The summed E-state index contributed by atoms with van der Waals surface area (Å²) >= 11 is 1.64. The molecule has 7 heteroatoms. The van der Waals surface area contributed by atoms with Gasteiger partial charge >= 0.3 is 5.69 Å². The van der Waals surface area contributed by atoms with Crippen molar-refractivity contribution in [2.24, 2.45) is 0 Å². The number of nitrogens with zero attached hydrogens (tertiary/aromatic N) is 2. The number of amides is 1. The maximum atomic E-state index is 12.2. The van der Waals surface area contributed by atoms with Gasteiger partial charge in [-0.15, -0.1) is 11.3 Å². The Morgan fingerprint density at radius 3 is 3.05 bits per heavy atom. The van der Waals surface area contributed by atoms with Crippen LogP contribution in [0.2, 0.25) is 0 Å². The van der Waals surface area contributed by atoms with Crippen LogP contribution in [-0.4, -0.2) is 20.5 Å². The summed E-state index contributed by atoms with van der Waals surface area (Å²) in [6.45, 7) is 2.49. The average Bonchev–Trinajstić information content (AvgIpc) is 3.03. The number of aryl methyl sites for hydroxylation is 1. The zero-order chi connectivity index (χ0) is 14.1. The molecule has 0 bridgehead atoms. The third-order valence-electron chi connectivity index (χ3n) is 2.91. The predicted molar refractivity (Wildman–Crippen MR) is 76.0 cm³/mol. The number of thiophene rings is 1. The Labute approximate surface area is 118 Å². The molecule has 6 nitrogen and oxygen atoms in total. The first-order valence-corrected chi connectivity index (χ1v) is 6.86. The van der Waals surface area contributed by atoms with Crippen molar-refractivity contribution < 1.29 is 4.79 Å². The highest BCUT2D eigenvalue weighted by atomic mass is 32.1. The van der Waals surface area contributed by atoms with Gasteiger partial charge in [-0.1, -0.05) is 0 Å². The highest BCUT2D eigenvalue weighted by Crippen LogP contribution is 2.15. The average molecular weight is 288 g/mol. The number of pyridine rings is 1. The number of carbonyl (C=O) groups excluding carboxylic acids is 1. The van der Waals surface area contributed by atoms with Gasteiger partial charge in [-0.05, 0) is 31.2 Å². The third kappa shape index (κ3) is 2.23. The van der Waals surface area contributed by atoms with E-state index in [1.807, 2.05) is 19.1 Å². The Balaban J connectivity index is 1.84. The van der Waals surface area contributed by atoms with Gasteiger partial charge in [-0.2, -0.15) is 5.10 Å². The Morgan fingerprint density at radius 1 is 1.45 bits per heavy atom. The summed E-state index contributed by atoms with van der Waals surface area (Å²) in [6.07, 6.45) is 1.57. The maximum absolute atomic E-state index is 12.2. The van der Waals surface area contributed by atoms with Gasteiger partial charge in [0.2, 0.25) is 0 Å². The van der Waals surface area contributed by atoms with Crippen LogP contribution in [0.5, 0.6) is 0 Å². The maximum Gasteiger partial charge on any atom is 0.347 e. The topological polar surface area (TPSA) is 79.3 Å². The van der Waals surface area contributed by atoms with Crippen LogP contribution >= 0.6 is 11.3 Å². The van der Waals surface area contributed by atoms with Crippen molar-refractivity contribution in [2.75, 3.05) is 0 Å². The predicted octanol–water partition coefficient (Wildman–Crippen LogP) is 1.32. The monoisotopic (exact) mass is 288 g/mol. The van der Waals surface area contributed by atoms with E-state index in [0.29, 0.717) is 17.8 Å². The summed E-state index contributed by atoms with van der Waals surface area (Å²) in [5, 5.41) is 9.03. The van der Waals surface area contributed by atoms with Gasteiger partial charge < -0.3 is 5.32 Å². The number of aromatic nitrogens is 3. The summed E-state index contributed by atoms with van der Waals surface area (Å²) in [5.41, 5.74) is 0.347. The Hall–Kier alpha value is -2.41. The van der Waals surface area contributed by atoms with E-state index in [0.717, 1.165) is 4.88 Å². The van der Waals surface area contributed by atoms with E-state index in [9.17, 15) is 9.59 Å². The Kier molecular flexibility index (Phi) is 3.11. The molecule has 3 aromatic rings. The summed E-state index contributed by atoms with van der Waals surface area (Å²) < 4.78 is 1.31. The molecule has 102 valence electrons. The molecule has 3 aromatic heterocycles. The highest BCUT2D eigenvalue weighted by Gasteiger charge is 2.13. The summed E-state index contributed by atoms with van der Waals surface area (Å²) in [7, 11) is 0. The van der Waals surface area contributed by atoms with Crippen LogP contribution in [-0.2, 0) is 6.54 Å². The van der Waals surface area contributed by atoms with Crippen molar-refractivity contribution in [3.63, 3.8) is 0 Å².